The third-order valence-electron chi connectivity index (χ3n) is 7.14. The fourth-order valence-corrected chi connectivity index (χ4v) is 4.68. The Morgan fingerprint density at radius 1 is 1.10 bits per heavy atom. The number of aryl methyl sites for hydroxylation is 2. The molecule has 3 heterocycles. The molecule has 0 bridgehead atoms. The van der Waals surface area contributed by atoms with Crippen LogP contribution in [0.3, 0.4) is 0 Å². The number of nitrogens with one attached hydrogen (secondary N) is 2. The predicted octanol–water partition coefficient (Wildman–Crippen LogP) is 4.19. The summed E-state index contributed by atoms with van der Waals surface area (Å²) in [6, 6.07) is 10.7. The van der Waals surface area contributed by atoms with E-state index in [0.29, 0.717) is 46.5 Å². The fraction of sp³-hybridized carbons (Fsp3) is 0.290. The zero-order valence-electron chi connectivity index (χ0n) is 23.6. The third kappa shape index (κ3) is 7.14. The molecule has 4 aromatic rings. The molecule has 1 unspecified atom stereocenters. The SMILES string of the molecule is Cc1ccc(C(=O)Nc2ccc(CN3CCC(N(C)C)C3)c(F)c2)cc1C#Cc1cnc(Nc2cnn(C)c2)nc1. The number of carbonyl (C=O) groups is 1. The molecule has 1 amide bonds. The number of carbonyl (C=O) groups excluding carboxylic acids is 1. The monoisotopic (exact) mass is 552 g/mol. The molecule has 2 N–H and O–H groups in total. The van der Waals surface area contributed by atoms with E-state index in [1.54, 1.807) is 47.5 Å². The average molecular weight is 553 g/mol. The van der Waals surface area contributed by atoms with Gasteiger partial charge in [-0.3, -0.25) is 14.4 Å². The second kappa shape index (κ2) is 12.3. The van der Waals surface area contributed by atoms with Gasteiger partial charge in [0, 0.05) is 73.7 Å². The minimum absolute atomic E-state index is 0.324. The van der Waals surface area contributed by atoms with Crippen molar-refractivity contribution in [3.8, 4) is 11.8 Å². The average Bonchev–Trinajstić information content (AvgIpc) is 3.59. The smallest absolute Gasteiger partial charge is 0.255 e. The number of rotatable bonds is 7. The van der Waals surface area contributed by atoms with Crippen LogP contribution in [0.5, 0.6) is 0 Å². The molecule has 210 valence electrons. The fourth-order valence-electron chi connectivity index (χ4n) is 4.68. The third-order valence-corrected chi connectivity index (χ3v) is 7.14. The lowest BCUT2D eigenvalue weighted by molar-refractivity contribution is 0.102. The number of benzene rings is 2. The molecule has 1 atom stereocenters. The van der Waals surface area contributed by atoms with Crippen molar-refractivity contribution >= 4 is 23.2 Å². The van der Waals surface area contributed by atoms with E-state index in [1.165, 1.54) is 6.07 Å². The number of halogens is 1. The van der Waals surface area contributed by atoms with Gasteiger partial charge in [-0.25, -0.2) is 14.4 Å². The number of anilines is 3. The number of hydrogen-bond acceptors (Lipinski definition) is 7. The van der Waals surface area contributed by atoms with Crippen molar-refractivity contribution in [2.45, 2.75) is 25.9 Å². The first-order valence-electron chi connectivity index (χ1n) is 13.4. The number of amides is 1. The highest BCUT2D eigenvalue weighted by molar-refractivity contribution is 6.04. The molecular weight excluding hydrogens is 519 g/mol. The van der Waals surface area contributed by atoms with Crippen LogP contribution in [0.25, 0.3) is 0 Å². The van der Waals surface area contributed by atoms with Gasteiger partial charge in [0.15, 0.2) is 0 Å². The van der Waals surface area contributed by atoms with E-state index in [2.05, 4.69) is 61.4 Å². The molecule has 0 aliphatic carbocycles. The zero-order chi connectivity index (χ0) is 28.9. The Morgan fingerprint density at radius 3 is 2.59 bits per heavy atom. The lowest BCUT2D eigenvalue weighted by Crippen LogP contribution is -2.31. The van der Waals surface area contributed by atoms with E-state index in [1.807, 2.05) is 26.2 Å². The Labute approximate surface area is 239 Å². The molecule has 0 radical (unpaired) electrons. The maximum atomic E-state index is 14.9. The van der Waals surface area contributed by atoms with Crippen LogP contribution in [0.1, 0.15) is 39.0 Å². The Balaban J connectivity index is 1.22. The van der Waals surface area contributed by atoms with Gasteiger partial charge in [0.1, 0.15) is 5.82 Å². The number of likely N-dealkylation sites (tertiary alicyclic amines) is 1. The summed E-state index contributed by atoms with van der Waals surface area (Å²) in [4.78, 5) is 26.1. The molecule has 2 aromatic heterocycles. The van der Waals surface area contributed by atoms with Crippen LogP contribution >= 0.6 is 0 Å². The van der Waals surface area contributed by atoms with E-state index < -0.39 is 0 Å². The number of nitrogens with zero attached hydrogens (tertiary/aromatic N) is 6. The topological polar surface area (TPSA) is 91.2 Å². The highest BCUT2D eigenvalue weighted by Gasteiger charge is 2.24. The van der Waals surface area contributed by atoms with Gasteiger partial charge in [0.2, 0.25) is 5.95 Å². The van der Waals surface area contributed by atoms with E-state index in [0.717, 1.165) is 30.8 Å². The molecule has 5 rings (SSSR count). The van der Waals surface area contributed by atoms with Crippen molar-refractivity contribution in [1.29, 1.82) is 0 Å². The van der Waals surface area contributed by atoms with Crippen LogP contribution in [0, 0.1) is 24.6 Å². The first-order chi connectivity index (χ1) is 19.7. The van der Waals surface area contributed by atoms with Crippen LogP contribution in [0.15, 0.2) is 61.2 Å². The summed E-state index contributed by atoms with van der Waals surface area (Å²) in [5.41, 5.74) is 4.53. The lowest BCUT2D eigenvalue weighted by atomic mass is 10.0. The maximum Gasteiger partial charge on any atom is 0.255 e. The first-order valence-corrected chi connectivity index (χ1v) is 13.4. The molecule has 9 nitrogen and oxygen atoms in total. The number of likely N-dealkylation sites (N-methyl/N-ethyl adjacent to an activating group) is 1. The second-order valence-corrected chi connectivity index (χ2v) is 10.5. The first kappa shape index (κ1) is 28.0. The molecule has 0 spiro atoms. The minimum Gasteiger partial charge on any atom is -0.322 e. The molecular formula is C31H33FN8O. The summed E-state index contributed by atoms with van der Waals surface area (Å²) >= 11 is 0. The molecule has 41 heavy (non-hydrogen) atoms. The van der Waals surface area contributed by atoms with Crippen molar-refractivity contribution in [3.63, 3.8) is 0 Å². The minimum atomic E-state index is -0.331. The summed E-state index contributed by atoms with van der Waals surface area (Å²) < 4.78 is 16.6. The highest BCUT2D eigenvalue weighted by atomic mass is 19.1. The molecule has 0 saturated carbocycles. The van der Waals surface area contributed by atoms with Crippen LogP contribution in [-0.4, -0.2) is 68.7 Å². The normalized spacial score (nSPS) is 15.0. The van der Waals surface area contributed by atoms with Crippen LogP contribution < -0.4 is 10.6 Å². The molecule has 1 aliphatic rings. The van der Waals surface area contributed by atoms with E-state index in [9.17, 15) is 9.18 Å². The predicted molar refractivity (Wildman–Crippen MR) is 157 cm³/mol. The van der Waals surface area contributed by atoms with Gasteiger partial charge < -0.3 is 15.5 Å². The van der Waals surface area contributed by atoms with Gasteiger partial charge in [-0.05, 0) is 57.3 Å². The van der Waals surface area contributed by atoms with Gasteiger partial charge in [-0.15, -0.1) is 0 Å². The van der Waals surface area contributed by atoms with Crippen molar-refractivity contribution in [3.05, 3.63) is 94.8 Å². The van der Waals surface area contributed by atoms with Gasteiger partial charge in [-0.2, -0.15) is 5.10 Å². The lowest BCUT2D eigenvalue weighted by Gasteiger charge is -2.20. The van der Waals surface area contributed by atoms with Gasteiger partial charge in [0.05, 0.1) is 17.4 Å². The highest BCUT2D eigenvalue weighted by Crippen LogP contribution is 2.21. The Bertz CT molecular complexity index is 1600. The molecule has 10 heteroatoms. The standard InChI is InChI=1S/C31H33FN8O/c1-21-5-7-24(13-23(21)8-6-22-15-33-31(34-16-22)37-27-17-35-39(4)19-27)30(41)36-26-10-9-25(29(32)14-26)18-40-12-11-28(20-40)38(2)3/h5,7,9-10,13-17,19,28H,11-12,18,20H2,1-4H3,(H,36,41)(H,33,34,37). The largest absolute Gasteiger partial charge is 0.322 e. The Hall–Kier alpha value is -4.59. The molecule has 1 fully saturated rings. The van der Waals surface area contributed by atoms with E-state index >= 15 is 0 Å². The Morgan fingerprint density at radius 2 is 1.90 bits per heavy atom. The van der Waals surface area contributed by atoms with Gasteiger partial charge in [0.25, 0.3) is 5.91 Å². The summed E-state index contributed by atoms with van der Waals surface area (Å²) in [5.74, 6) is 5.96. The number of aromatic nitrogens is 4. The van der Waals surface area contributed by atoms with Crippen molar-refractivity contribution in [2.75, 3.05) is 37.8 Å². The van der Waals surface area contributed by atoms with Gasteiger partial charge >= 0.3 is 0 Å². The molecule has 1 saturated heterocycles. The summed E-state index contributed by atoms with van der Waals surface area (Å²) in [6.45, 7) is 4.35. The Kier molecular flexibility index (Phi) is 8.38. The molecule has 1 aliphatic heterocycles. The summed E-state index contributed by atoms with van der Waals surface area (Å²) in [6.07, 6.45) is 7.85. The number of hydrogen-bond donors (Lipinski definition) is 2. The van der Waals surface area contributed by atoms with Crippen LogP contribution in [0.4, 0.5) is 21.7 Å². The summed E-state index contributed by atoms with van der Waals surface area (Å²) in [7, 11) is 5.98. The summed E-state index contributed by atoms with van der Waals surface area (Å²) in [5, 5.41) is 9.99. The maximum absolute atomic E-state index is 14.9. The second-order valence-electron chi connectivity index (χ2n) is 10.5. The zero-order valence-corrected chi connectivity index (χ0v) is 23.6. The van der Waals surface area contributed by atoms with Crippen LogP contribution in [-0.2, 0) is 13.6 Å². The van der Waals surface area contributed by atoms with E-state index in [4.69, 9.17) is 0 Å². The molecule has 2 aromatic carbocycles. The van der Waals surface area contributed by atoms with Crippen LogP contribution in [0.2, 0.25) is 0 Å². The van der Waals surface area contributed by atoms with Crippen molar-refractivity contribution < 1.29 is 9.18 Å². The quantitative estimate of drug-likeness (QED) is 0.332. The van der Waals surface area contributed by atoms with Gasteiger partial charge in [-0.1, -0.05) is 24.0 Å². The van der Waals surface area contributed by atoms with Crippen molar-refractivity contribution in [2.24, 2.45) is 7.05 Å². The van der Waals surface area contributed by atoms with Crippen molar-refractivity contribution in [1.82, 2.24) is 29.5 Å². The van der Waals surface area contributed by atoms with E-state index in [-0.39, 0.29) is 11.7 Å².